The number of aliphatic hydroxyl groups excluding tert-OH is 1. The van der Waals surface area contributed by atoms with Crippen LogP contribution in [0.1, 0.15) is 12.5 Å². The van der Waals surface area contributed by atoms with Gasteiger partial charge in [-0.1, -0.05) is 0 Å². The third kappa shape index (κ3) is 3.06. The molecule has 10 nitrogen and oxygen atoms in total. The normalized spacial score (nSPS) is 28.5. The number of rotatable bonds is 4. The van der Waals surface area contributed by atoms with Crippen LogP contribution in [0.2, 0.25) is 0 Å². The highest BCUT2D eigenvalue weighted by Crippen LogP contribution is 2.40. The van der Waals surface area contributed by atoms with E-state index in [2.05, 4.69) is 15.0 Å². The molecule has 2 aromatic rings. The van der Waals surface area contributed by atoms with Crippen molar-refractivity contribution >= 4 is 24.6 Å². The van der Waals surface area contributed by atoms with E-state index >= 15 is 0 Å². The largest absolute Gasteiger partial charge is 0.387 e. The van der Waals surface area contributed by atoms with Gasteiger partial charge in [-0.25, -0.2) is 19.3 Å². The number of fused-ring (bicyclic) bond motifs is 1. The van der Waals surface area contributed by atoms with Crippen molar-refractivity contribution in [1.82, 2.24) is 19.5 Å². The van der Waals surface area contributed by atoms with Crippen LogP contribution >= 0.6 is 7.60 Å². The lowest BCUT2D eigenvalue weighted by molar-refractivity contribution is -0.0264. The van der Waals surface area contributed by atoms with E-state index in [-0.39, 0.29) is 12.2 Å². The van der Waals surface area contributed by atoms with Crippen LogP contribution in [0.25, 0.3) is 11.2 Å². The predicted octanol–water partition coefficient (Wildman–Crippen LogP) is -0.427. The summed E-state index contributed by atoms with van der Waals surface area (Å²) in [7, 11) is -4.40. The number of nitrogens with two attached hydrogens (primary N) is 1. The zero-order chi connectivity index (χ0) is 16.8. The number of ether oxygens (including phenoxy) is 1. The zero-order valence-corrected chi connectivity index (χ0v) is 12.6. The number of hydrogen-bond donors (Lipinski definition) is 4. The van der Waals surface area contributed by atoms with E-state index in [4.69, 9.17) is 20.3 Å². The molecular weight excluding hydrogens is 332 g/mol. The van der Waals surface area contributed by atoms with Gasteiger partial charge in [0.2, 0.25) is 0 Å². The molecule has 1 aliphatic carbocycles. The molecule has 2 aromatic heterocycles. The van der Waals surface area contributed by atoms with Crippen LogP contribution in [0.5, 0.6) is 0 Å². The second kappa shape index (κ2) is 5.77. The summed E-state index contributed by atoms with van der Waals surface area (Å²) in [5, 5.41) is 9.91. The highest BCUT2D eigenvalue weighted by atomic mass is 31.2. The fraction of sp³-hybridized carbons (Fsp3) is 0.545. The molecule has 1 aliphatic rings. The van der Waals surface area contributed by atoms with Gasteiger partial charge in [0.05, 0.1) is 18.5 Å². The van der Waals surface area contributed by atoms with Gasteiger partial charge in [-0.15, -0.1) is 0 Å². The average Bonchev–Trinajstić information content (AvgIpc) is 3.01. The summed E-state index contributed by atoms with van der Waals surface area (Å²) in [6.45, 7) is 0. The Bertz CT molecular complexity index is 766. The van der Waals surface area contributed by atoms with Gasteiger partial charge in [0.25, 0.3) is 0 Å². The van der Waals surface area contributed by atoms with E-state index in [9.17, 15) is 14.1 Å². The summed E-state index contributed by atoms with van der Waals surface area (Å²) in [5.74, 6) is 0.150. The molecule has 126 valence electrons. The van der Waals surface area contributed by atoms with E-state index in [0.717, 1.165) is 0 Å². The molecule has 0 spiro atoms. The lowest BCUT2D eigenvalue weighted by Gasteiger charge is -2.16. The van der Waals surface area contributed by atoms with Crippen molar-refractivity contribution in [3.8, 4) is 0 Å². The van der Waals surface area contributed by atoms with E-state index in [0.29, 0.717) is 11.2 Å². The van der Waals surface area contributed by atoms with Crippen LogP contribution in [0.4, 0.5) is 10.2 Å². The molecular formula is C11H15FN5O5P. The second-order valence-electron chi connectivity index (χ2n) is 5.32. The second-order valence-corrected chi connectivity index (χ2v) is 6.91. The molecule has 5 N–H and O–H groups in total. The molecule has 1 fully saturated rings. The van der Waals surface area contributed by atoms with Crippen molar-refractivity contribution in [3.05, 3.63) is 12.7 Å². The maximum absolute atomic E-state index is 14.4. The van der Waals surface area contributed by atoms with E-state index in [1.807, 2.05) is 0 Å². The lowest BCUT2D eigenvalue weighted by atomic mass is 10.2. The van der Waals surface area contributed by atoms with Crippen LogP contribution in [0, 0.1) is 0 Å². The van der Waals surface area contributed by atoms with Gasteiger partial charge in [0, 0.05) is 6.42 Å². The minimum Gasteiger partial charge on any atom is -0.387 e. The van der Waals surface area contributed by atoms with Gasteiger partial charge < -0.3 is 29.9 Å². The molecule has 3 rings (SSSR count). The number of nitrogen functional groups attached to an aromatic ring is 1. The summed E-state index contributed by atoms with van der Waals surface area (Å²) >= 11 is 0. The molecule has 0 bridgehead atoms. The first kappa shape index (κ1) is 16.2. The Hall–Kier alpha value is -1.65. The lowest BCUT2D eigenvalue weighted by Crippen LogP contribution is -2.30. The average molecular weight is 347 g/mol. The first-order chi connectivity index (χ1) is 10.8. The number of halogens is 1. The standard InChI is InChI=1S/C11H15FN5O5P/c12-7-5(1-6(9(7)18)22-4-23(19,20)21)17-3-16-8-10(13)14-2-15-11(8)17/h2-3,5-7,9,18H,1,4H2,(H2,13,14,15)(H2,19,20,21). The molecule has 12 heteroatoms. The summed E-state index contributed by atoms with van der Waals surface area (Å²) in [5.41, 5.74) is 6.30. The first-order valence-corrected chi connectivity index (χ1v) is 8.49. The Balaban J connectivity index is 1.85. The molecule has 4 unspecified atom stereocenters. The van der Waals surface area contributed by atoms with Crippen molar-refractivity contribution in [2.45, 2.75) is 30.8 Å². The van der Waals surface area contributed by atoms with Crippen molar-refractivity contribution in [3.63, 3.8) is 0 Å². The minimum absolute atomic E-state index is 0.0116. The summed E-state index contributed by atoms with van der Waals surface area (Å²) < 4.78 is 31.6. The molecule has 1 saturated carbocycles. The number of aliphatic hydroxyl groups is 1. The van der Waals surface area contributed by atoms with Gasteiger partial charge in [-0.3, -0.25) is 4.57 Å². The maximum Gasteiger partial charge on any atom is 0.350 e. The van der Waals surface area contributed by atoms with Crippen LogP contribution < -0.4 is 5.73 Å². The smallest absolute Gasteiger partial charge is 0.350 e. The molecule has 0 aromatic carbocycles. The van der Waals surface area contributed by atoms with Crippen molar-refractivity contribution in [2.24, 2.45) is 0 Å². The summed E-state index contributed by atoms with van der Waals surface area (Å²) in [4.78, 5) is 29.5. The highest BCUT2D eigenvalue weighted by molar-refractivity contribution is 7.51. The van der Waals surface area contributed by atoms with Gasteiger partial charge in [0.15, 0.2) is 11.5 Å². The summed E-state index contributed by atoms with van der Waals surface area (Å²) in [6.07, 6.45) is -2.57. The number of anilines is 1. The van der Waals surface area contributed by atoms with E-state index < -0.39 is 38.4 Å². The van der Waals surface area contributed by atoms with Gasteiger partial charge >= 0.3 is 7.60 Å². The Kier molecular flexibility index (Phi) is 4.07. The topological polar surface area (TPSA) is 157 Å². The van der Waals surface area contributed by atoms with Crippen LogP contribution in [-0.2, 0) is 9.30 Å². The summed E-state index contributed by atoms with van der Waals surface area (Å²) in [6, 6.07) is -0.842. The predicted molar refractivity (Wildman–Crippen MR) is 76.1 cm³/mol. The Morgan fingerprint density at radius 3 is 2.87 bits per heavy atom. The Labute approximate surface area is 129 Å². The minimum atomic E-state index is -4.40. The van der Waals surface area contributed by atoms with E-state index in [1.54, 1.807) is 0 Å². The van der Waals surface area contributed by atoms with Crippen molar-refractivity contribution in [2.75, 3.05) is 12.1 Å². The first-order valence-electron chi connectivity index (χ1n) is 6.69. The number of alkyl halides is 1. The maximum atomic E-state index is 14.4. The zero-order valence-electron chi connectivity index (χ0n) is 11.7. The number of hydrogen-bond acceptors (Lipinski definition) is 7. The molecule has 0 radical (unpaired) electrons. The van der Waals surface area contributed by atoms with E-state index in [1.165, 1.54) is 17.2 Å². The fourth-order valence-electron chi connectivity index (χ4n) is 2.68. The third-order valence-corrected chi connectivity index (χ3v) is 4.24. The van der Waals surface area contributed by atoms with Gasteiger partial charge in [0.1, 0.15) is 30.5 Å². The third-order valence-electron chi connectivity index (χ3n) is 3.75. The molecule has 23 heavy (non-hydrogen) atoms. The molecule has 0 saturated heterocycles. The van der Waals surface area contributed by atoms with Crippen molar-refractivity contribution in [1.29, 1.82) is 0 Å². The molecule has 0 amide bonds. The number of imidazole rings is 1. The van der Waals surface area contributed by atoms with Crippen LogP contribution in [-0.4, -0.2) is 59.1 Å². The fourth-order valence-corrected chi connectivity index (χ4v) is 3.06. The molecule has 0 aliphatic heterocycles. The van der Waals surface area contributed by atoms with Crippen LogP contribution in [0.15, 0.2) is 12.7 Å². The monoisotopic (exact) mass is 347 g/mol. The molecule has 4 atom stereocenters. The highest BCUT2D eigenvalue weighted by Gasteiger charge is 2.45. The van der Waals surface area contributed by atoms with Gasteiger partial charge in [-0.05, 0) is 0 Å². The Morgan fingerprint density at radius 2 is 2.17 bits per heavy atom. The molecule has 2 heterocycles. The van der Waals surface area contributed by atoms with Gasteiger partial charge in [-0.2, -0.15) is 0 Å². The SMILES string of the molecule is Nc1ncnc2c1ncn2C1CC(OCP(=O)(O)O)C(O)C1F. The number of aromatic nitrogens is 4. The van der Waals surface area contributed by atoms with Crippen LogP contribution in [0.3, 0.4) is 0 Å². The number of nitrogens with zero attached hydrogens (tertiary/aromatic N) is 4. The Morgan fingerprint density at radius 1 is 1.43 bits per heavy atom. The van der Waals surface area contributed by atoms with Crippen molar-refractivity contribution < 1.29 is 28.6 Å². The quantitative estimate of drug-likeness (QED) is 0.539.